The molecule has 2 nitrogen and oxygen atoms in total. The Bertz CT molecular complexity index is 122. The molecule has 12 heavy (non-hydrogen) atoms. The van der Waals surface area contributed by atoms with Gasteiger partial charge in [0.15, 0.2) is 0 Å². The Hall–Kier alpha value is -0.180. The van der Waals surface area contributed by atoms with Gasteiger partial charge in [0, 0.05) is 6.42 Å². The molecule has 3 heteroatoms. The molecule has 0 aliphatic carbocycles. The largest absolute Gasteiger partial charge is 0.463 e. The first-order valence-electron chi connectivity index (χ1n) is 4.40. The van der Waals surface area contributed by atoms with Crippen LogP contribution in [0.1, 0.15) is 33.6 Å². The van der Waals surface area contributed by atoms with Crippen molar-refractivity contribution in [3.63, 3.8) is 0 Å². The molecule has 0 aromatic carbocycles. The van der Waals surface area contributed by atoms with Gasteiger partial charge in [0.25, 0.3) is 0 Å². The maximum atomic E-state index is 11.1. The Morgan fingerprint density at radius 3 is 2.50 bits per heavy atom. The summed E-state index contributed by atoms with van der Waals surface area (Å²) in [6.45, 7) is 5.90. The van der Waals surface area contributed by atoms with Crippen molar-refractivity contribution in [3.8, 4) is 0 Å². The third-order valence-electron chi connectivity index (χ3n) is 1.73. The summed E-state index contributed by atoms with van der Waals surface area (Å²) in [7, 11) is 0. The van der Waals surface area contributed by atoms with E-state index < -0.39 is 0 Å². The molecule has 2 atom stereocenters. The van der Waals surface area contributed by atoms with Crippen molar-refractivity contribution in [1.29, 1.82) is 0 Å². The first-order chi connectivity index (χ1) is 5.60. The van der Waals surface area contributed by atoms with Crippen LogP contribution in [-0.4, -0.2) is 17.8 Å². The SMILES string of the molecule is CCC(C)OC(=O)CC(C)CS. The second kappa shape index (κ2) is 6.35. The molecule has 0 aliphatic rings. The first-order valence-corrected chi connectivity index (χ1v) is 5.03. The lowest BCUT2D eigenvalue weighted by Gasteiger charge is -2.12. The molecule has 0 radical (unpaired) electrons. The Balaban J connectivity index is 3.59. The van der Waals surface area contributed by atoms with Crippen LogP contribution < -0.4 is 0 Å². The van der Waals surface area contributed by atoms with Crippen LogP contribution in [0.25, 0.3) is 0 Å². The number of thiol groups is 1. The van der Waals surface area contributed by atoms with E-state index in [1.54, 1.807) is 0 Å². The number of esters is 1. The normalized spacial score (nSPS) is 15.3. The monoisotopic (exact) mass is 190 g/mol. The lowest BCUT2D eigenvalue weighted by Crippen LogP contribution is -2.16. The zero-order chi connectivity index (χ0) is 9.56. The highest BCUT2D eigenvalue weighted by Crippen LogP contribution is 2.07. The minimum absolute atomic E-state index is 0.0459. The highest BCUT2D eigenvalue weighted by Gasteiger charge is 2.11. The van der Waals surface area contributed by atoms with Gasteiger partial charge in [-0.1, -0.05) is 13.8 Å². The highest BCUT2D eigenvalue weighted by molar-refractivity contribution is 7.80. The lowest BCUT2D eigenvalue weighted by atomic mass is 10.1. The fourth-order valence-corrected chi connectivity index (χ4v) is 0.834. The minimum atomic E-state index is -0.106. The summed E-state index contributed by atoms with van der Waals surface area (Å²) in [5.74, 6) is 0.936. The van der Waals surface area contributed by atoms with Crippen molar-refractivity contribution in [2.24, 2.45) is 5.92 Å². The number of carbonyl (C=O) groups excluding carboxylic acids is 1. The van der Waals surface area contributed by atoms with Gasteiger partial charge in [-0.2, -0.15) is 12.6 Å². The van der Waals surface area contributed by atoms with Gasteiger partial charge in [0.05, 0.1) is 6.10 Å². The zero-order valence-electron chi connectivity index (χ0n) is 8.04. The van der Waals surface area contributed by atoms with E-state index in [2.05, 4.69) is 12.6 Å². The number of carbonyl (C=O) groups is 1. The summed E-state index contributed by atoms with van der Waals surface area (Å²) >= 11 is 4.10. The average Bonchev–Trinajstić information content (AvgIpc) is 2.03. The molecule has 0 aromatic heterocycles. The van der Waals surface area contributed by atoms with Crippen LogP contribution in [0.5, 0.6) is 0 Å². The lowest BCUT2D eigenvalue weighted by molar-refractivity contribution is -0.149. The molecule has 0 saturated heterocycles. The van der Waals surface area contributed by atoms with Gasteiger partial charge in [-0.25, -0.2) is 0 Å². The second-order valence-electron chi connectivity index (χ2n) is 3.20. The molecule has 2 unspecified atom stereocenters. The van der Waals surface area contributed by atoms with Crippen molar-refractivity contribution in [1.82, 2.24) is 0 Å². The maximum absolute atomic E-state index is 11.1. The van der Waals surface area contributed by atoms with E-state index >= 15 is 0 Å². The fraction of sp³-hybridized carbons (Fsp3) is 0.889. The van der Waals surface area contributed by atoms with Gasteiger partial charge in [-0.15, -0.1) is 0 Å². The summed E-state index contributed by atoms with van der Waals surface area (Å²) in [5.41, 5.74) is 0. The van der Waals surface area contributed by atoms with Gasteiger partial charge >= 0.3 is 5.97 Å². The molecule has 0 N–H and O–H groups in total. The van der Waals surface area contributed by atoms with E-state index in [0.717, 1.165) is 12.2 Å². The third-order valence-corrected chi connectivity index (χ3v) is 2.36. The molecule has 0 aliphatic heterocycles. The molecule has 0 aromatic rings. The van der Waals surface area contributed by atoms with Crippen LogP contribution in [0.4, 0.5) is 0 Å². The van der Waals surface area contributed by atoms with E-state index in [-0.39, 0.29) is 12.1 Å². The van der Waals surface area contributed by atoms with Crippen molar-refractivity contribution in [3.05, 3.63) is 0 Å². The predicted octanol–water partition coefficient (Wildman–Crippen LogP) is 2.28. The quantitative estimate of drug-likeness (QED) is 0.532. The third kappa shape index (κ3) is 5.47. The Labute approximate surface area is 80.1 Å². The molecule has 0 heterocycles. The van der Waals surface area contributed by atoms with Crippen LogP contribution in [-0.2, 0) is 9.53 Å². The number of hydrogen-bond acceptors (Lipinski definition) is 3. The molecule has 0 saturated carbocycles. The van der Waals surface area contributed by atoms with Gasteiger partial charge < -0.3 is 4.74 Å². The van der Waals surface area contributed by atoms with E-state index in [9.17, 15) is 4.79 Å². The molecule has 0 bridgehead atoms. The van der Waals surface area contributed by atoms with Crippen molar-refractivity contribution in [2.45, 2.75) is 39.7 Å². The van der Waals surface area contributed by atoms with E-state index in [4.69, 9.17) is 4.74 Å². The topological polar surface area (TPSA) is 26.3 Å². The van der Waals surface area contributed by atoms with E-state index in [1.165, 1.54) is 0 Å². The van der Waals surface area contributed by atoms with Crippen molar-refractivity contribution >= 4 is 18.6 Å². The van der Waals surface area contributed by atoms with Crippen molar-refractivity contribution < 1.29 is 9.53 Å². The van der Waals surface area contributed by atoms with Crippen molar-refractivity contribution in [2.75, 3.05) is 5.75 Å². The molecule has 72 valence electrons. The van der Waals surface area contributed by atoms with Crippen LogP contribution in [0.2, 0.25) is 0 Å². The van der Waals surface area contributed by atoms with Gasteiger partial charge in [-0.05, 0) is 25.0 Å². The summed E-state index contributed by atoms with van der Waals surface area (Å²) in [4.78, 5) is 11.1. The Morgan fingerprint density at radius 2 is 2.08 bits per heavy atom. The smallest absolute Gasteiger partial charge is 0.306 e. The molecule has 0 rings (SSSR count). The van der Waals surface area contributed by atoms with Crippen LogP contribution >= 0.6 is 12.6 Å². The summed E-state index contributed by atoms with van der Waals surface area (Å²) in [6, 6.07) is 0. The van der Waals surface area contributed by atoms with Gasteiger partial charge in [0.2, 0.25) is 0 Å². The van der Waals surface area contributed by atoms with E-state index in [0.29, 0.717) is 12.3 Å². The summed E-state index contributed by atoms with van der Waals surface area (Å²) in [6.07, 6.45) is 1.40. The summed E-state index contributed by atoms with van der Waals surface area (Å²) in [5, 5.41) is 0. The average molecular weight is 190 g/mol. The predicted molar refractivity (Wildman–Crippen MR) is 53.5 cm³/mol. The van der Waals surface area contributed by atoms with E-state index in [1.807, 2.05) is 20.8 Å². The molecular weight excluding hydrogens is 172 g/mol. The number of hydrogen-bond donors (Lipinski definition) is 1. The van der Waals surface area contributed by atoms with Crippen LogP contribution in [0.3, 0.4) is 0 Å². The van der Waals surface area contributed by atoms with Gasteiger partial charge in [-0.3, -0.25) is 4.79 Å². The second-order valence-corrected chi connectivity index (χ2v) is 3.57. The minimum Gasteiger partial charge on any atom is -0.463 e. The number of rotatable bonds is 5. The Morgan fingerprint density at radius 1 is 1.50 bits per heavy atom. The highest BCUT2D eigenvalue weighted by atomic mass is 32.1. The first kappa shape index (κ1) is 11.8. The molecular formula is C9H18O2S. The maximum Gasteiger partial charge on any atom is 0.306 e. The molecule has 0 amide bonds. The standard InChI is InChI=1S/C9H18O2S/c1-4-8(3)11-9(10)5-7(2)6-12/h7-8,12H,4-6H2,1-3H3. The zero-order valence-corrected chi connectivity index (χ0v) is 8.93. The fourth-order valence-electron chi connectivity index (χ4n) is 0.705. The molecule has 0 spiro atoms. The summed E-state index contributed by atoms with van der Waals surface area (Å²) < 4.78 is 5.10. The molecule has 0 fully saturated rings. The van der Waals surface area contributed by atoms with Crippen LogP contribution in [0.15, 0.2) is 0 Å². The van der Waals surface area contributed by atoms with Crippen LogP contribution in [0, 0.1) is 5.92 Å². The number of ether oxygens (including phenoxy) is 1. The van der Waals surface area contributed by atoms with Gasteiger partial charge in [0.1, 0.15) is 0 Å². The Kier molecular flexibility index (Phi) is 6.25.